The number of amides is 2. The molecule has 0 heterocycles. The van der Waals surface area contributed by atoms with Crippen LogP contribution in [0.1, 0.15) is 29.7 Å². The van der Waals surface area contributed by atoms with Gasteiger partial charge in [-0.25, -0.2) is 4.79 Å². The average Bonchev–Trinajstić information content (AvgIpc) is 2.54. The zero-order valence-corrected chi connectivity index (χ0v) is 15.9. The smallest absolute Gasteiger partial charge is 0.315 e. The van der Waals surface area contributed by atoms with E-state index in [9.17, 15) is 4.79 Å². The molecule has 0 saturated carbocycles. The van der Waals surface area contributed by atoms with Crippen LogP contribution in [0.15, 0.2) is 53.0 Å². The van der Waals surface area contributed by atoms with Crippen LogP contribution in [0, 0.1) is 0 Å². The number of carbonyl (C=O) groups excluding carboxylic acids is 1. The molecule has 1 unspecified atom stereocenters. The van der Waals surface area contributed by atoms with Crippen LogP contribution in [0.4, 0.5) is 4.79 Å². The molecule has 2 aromatic carbocycles. The van der Waals surface area contributed by atoms with Gasteiger partial charge in [0.1, 0.15) is 0 Å². The molecule has 0 aliphatic heterocycles. The molecule has 2 amide bonds. The number of carbonyl (C=O) groups is 1. The number of halogens is 1. The largest absolute Gasteiger partial charge is 0.334 e. The van der Waals surface area contributed by atoms with Crippen molar-refractivity contribution in [3.63, 3.8) is 0 Å². The van der Waals surface area contributed by atoms with Gasteiger partial charge in [-0.1, -0.05) is 52.3 Å². The Kier molecular flexibility index (Phi) is 6.82. The van der Waals surface area contributed by atoms with Crippen LogP contribution in [0.3, 0.4) is 0 Å². The van der Waals surface area contributed by atoms with Gasteiger partial charge >= 0.3 is 6.03 Å². The molecular weight excluding hydrogens is 366 g/mol. The number of rotatable bonds is 6. The van der Waals surface area contributed by atoms with Gasteiger partial charge in [0.05, 0.1) is 6.04 Å². The standard InChI is InChI=1S/C19H24BrN3O/c1-14(15-8-10-18(20)11-9-15)22-19(24)21-12-16-6-4-5-7-17(16)13-23(2)3/h4-11,14H,12-13H2,1-3H3,(H2,21,22,24). The summed E-state index contributed by atoms with van der Waals surface area (Å²) >= 11 is 3.42. The maximum atomic E-state index is 12.2. The molecule has 4 nitrogen and oxygen atoms in total. The Bertz CT molecular complexity index is 671. The van der Waals surface area contributed by atoms with Crippen molar-refractivity contribution in [2.45, 2.75) is 26.1 Å². The molecule has 128 valence electrons. The number of hydrogen-bond acceptors (Lipinski definition) is 2. The number of benzene rings is 2. The Balaban J connectivity index is 1.90. The number of urea groups is 1. The lowest BCUT2D eigenvalue weighted by Crippen LogP contribution is -2.36. The van der Waals surface area contributed by atoms with E-state index >= 15 is 0 Å². The third-order valence-electron chi connectivity index (χ3n) is 3.76. The quantitative estimate of drug-likeness (QED) is 0.781. The highest BCUT2D eigenvalue weighted by molar-refractivity contribution is 9.10. The molecule has 0 spiro atoms. The molecule has 1 atom stereocenters. The first kappa shape index (κ1) is 18.5. The van der Waals surface area contributed by atoms with Crippen LogP contribution in [0.5, 0.6) is 0 Å². The second-order valence-electron chi connectivity index (χ2n) is 6.11. The van der Waals surface area contributed by atoms with Crippen molar-refractivity contribution in [2.24, 2.45) is 0 Å². The van der Waals surface area contributed by atoms with Crippen molar-refractivity contribution >= 4 is 22.0 Å². The van der Waals surface area contributed by atoms with Gasteiger partial charge in [0, 0.05) is 17.6 Å². The fraction of sp³-hybridized carbons (Fsp3) is 0.316. The van der Waals surface area contributed by atoms with Crippen molar-refractivity contribution in [3.8, 4) is 0 Å². The average molecular weight is 390 g/mol. The van der Waals surface area contributed by atoms with Gasteiger partial charge in [0.15, 0.2) is 0 Å². The van der Waals surface area contributed by atoms with Gasteiger partial charge in [-0.2, -0.15) is 0 Å². The van der Waals surface area contributed by atoms with E-state index in [0.29, 0.717) is 6.54 Å². The minimum absolute atomic E-state index is 0.0462. The molecule has 0 fully saturated rings. The van der Waals surface area contributed by atoms with E-state index in [1.165, 1.54) is 5.56 Å². The molecular formula is C19H24BrN3O. The summed E-state index contributed by atoms with van der Waals surface area (Å²) in [6.45, 7) is 3.35. The number of hydrogen-bond donors (Lipinski definition) is 2. The summed E-state index contributed by atoms with van der Waals surface area (Å²) in [5, 5.41) is 5.92. The Labute approximate surface area is 152 Å². The Morgan fingerprint density at radius 1 is 1.08 bits per heavy atom. The highest BCUT2D eigenvalue weighted by Gasteiger charge is 2.10. The fourth-order valence-corrected chi connectivity index (χ4v) is 2.75. The van der Waals surface area contributed by atoms with Crippen molar-refractivity contribution < 1.29 is 4.79 Å². The molecule has 24 heavy (non-hydrogen) atoms. The summed E-state index contributed by atoms with van der Waals surface area (Å²) in [7, 11) is 4.08. The lowest BCUT2D eigenvalue weighted by Gasteiger charge is -2.17. The molecule has 2 aromatic rings. The molecule has 2 rings (SSSR count). The fourth-order valence-electron chi connectivity index (χ4n) is 2.48. The van der Waals surface area contributed by atoms with Gasteiger partial charge in [0.2, 0.25) is 0 Å². The zero-order valence-electron chi connectivity index (χ0n) is 14.3. The van der Waals surface area contributed by atoms with E-state index < -0.39 is 0 Å². The van der Waals surface area contributed by atoms with E-state index in [-0.39, 0.29) is 12.1 Å². The van der Waals surface area contributed by atoms with Crippen molar-refractivity contribution in [3.05, 3.63) is 69.7 Å². The highest BCUT2D eigenvalue weighted by atomic mass is 79.9. The van der Waals surface area contributed by atoms with E-state index in [1.807, 2.05) is 57.4 Å². The lowest BCUT2D eigenvalue weighted by molar-refractivity contribution is 0.237. The minimum atomic E-state index is -0.162. The Morgan fingerprint density at radius 3 is 2.33 bits per heavy atom. The summed E-state index contributed by atoms with van der Waals surface area (Å²) in [6.07, 6.45) is 0. The Morgan fingerprint density at radius 2 is 1.71 bits per heavy atom. The van der Waals surface area contributed by atoms with Gasteiger partial charge in [-0.3, -0.25) is 0 Å². The van der Waals surface area contributed by atoms with E-state index in [4.69, 9.17) is 0 Å². The van der Waals surface area contributed by atoms with Crippen LogP contribution < -0.4 is 10.6 Å². The third-order valence-corrected chi connectivity index (χ3v) is 4.29. The van der Waals surface area contributed by atoms with Gasteiger partial charge in [0.25, 0.3) is 0 Å². The first-order valence-electron chi connectivity index (χ1n) is 7.97. The maximum absolute atomic E-state index is 12.2. The first-order valence-corrected chi connectivity index (χ1v) is 8.76. The van der Waals surface area contributed by atoms with Crippen molar-refractivity contribution in [1.82, 2.24) is 15.5 Å². The second kappa shape index (κ2) is 8.85. The first-order chi connectivity index (χ1) is 11.5. The van der Waals surface area contributed by atoms with Gasteiger partial charge in [-0.15, -0.1) is 0 Å². The summed E-state index contributed by atoms with van der Waals surface area (Å²) in [5.41, 5.74) is 3.43. The maximum Gasteiger partial charge on any atom is 0.315 e. The lowest BCUT2D eigenvalue weighted by atomic mass is 10.1. The summed E-state index contributed by atoms with van der Waals surface area (Å²) in [4.78, 5) is 14.3. The molecule has 0 aliphatic rings. The molecule has 0 bridgehead atoms. The predicted molar refractivity (Wildman–Crippen MR) is 102 cm³/mol. The highest BCUT2D eigenvalue weighted by Crippen LogP contribution is 2.16. The van der Waals surface area contributed by atoms with Crippen LogP contribution in [0.2, 0.25) is 0 Å². The van der Waals surface area contributed by atoms with Crippen molar-refractivity contribution in [2.75, 3.05) is 14.1 Å². The SMILES string of the molecule is CC(NC(=O)NCc1ccccc1CN(C)C)c1ccc(Br)cc1. The normalized spacial score (nSPS) is 12.0. The third kappa shape index (κ3) is 5.65. The summed E-state index contributed by atoms with van der Waals surface area (Å²) in [6, 6.07) is 15.9. The molecule has 0 radical (unpaired) electrons. The van der Waals surface area contributed by atoms with E-state index in [1.54, 1.807) is 0 Å². The molecule has 0 aliphatic carbocycles. The predicted octanol–water partition coefficient (Wildman–Crippen LogP) is 4.07. The van der Waals surface area contributed by atoms with Gasteiger partial charge < -0.3 is 15.5 Å². The van der Waals surface area contributed by atoms with Crippen LogP contribution >= 0.6 is 15.9 Å². The monoisotopic (exact) mass is 389 g/mol. The molecule has 5 heteroatoms. The minimum Gasteiger partial charge on any atom is -0.334 e. The second-order valence-corrected chi connectivity index (χ2v) is 7.02. The summed E-state index contributed by atoms with van der Waals surface area (Å²) < 4.78 is 1.03. The molecule has 2 N–H and O–H groups in total. The molecule has 0 aromatic heterocycles. The van der Waals surface area contributed by atoms with Crippen LogP contribution in [-0.4, -0.2) is 25.0 Å². The topological polar surface area (TPSA) is 44.4 Å². The zero-order chi connectivity index (χ0) is 17.5. The van der Waals surface area contributed by atoms with Gasteiger partial charge in [-0.05, 0) is 49.8 Å². The summed E-state index contributed by atoms with van der Waals surface area (Å²) in [5.74, 6) is 0. The van der Waals surface area contributed by atoms with Crippen LogP contribution in [0.25, 0.3) is 0 Å². The van der Waals surface area contributed by atoms with Crippen LogP contribution in [-0.2, 0) is 13.1 Å². The van der Waals surface area contributed by atoms with E-state index in [0.717, 1.165) is 22.1 Å². The van der Waals surface area contributed by atoms with Crippen molar-refractivity contribution in [1.29, 1.82) is 0 Å². The van der Waals surface area contributed by atoms with E-state index in [2.05, 4.69) is 43.6 Å². The number of nitrogens with one attached hydrogen (secondary N) is 2. The Hall–Kier alpha value is -1.85. The molecule has 0 saturated heterocycles. The number of nitrogens with zero attached hydrogens (tertiary/aromatic N) is 1.